The molecule has 1 aromatic carbocycles. The molecule has 3 aliphatic heterocycles. The Morgan fingerprint density at radius 3 is 2.81 bits per heavy atom. The SMILES string of the molecule is CCS(=O)(=O)N1CC=C2C=C(N3CCC[C@@H]3c3cc(F)ccc3F)C=CN21. The predicted molar refractivity (Wildman–Crippen MR) is 98.4 cm³/mol. The van der Waals surface area contributed by atoms with Crippen molar-refractivity contribution in [2.45, 2.75) is 25.8 Å². The number of hydrazine groups is 1. The first-order valence-corrected chi connectivity index (χ1v) is 10.6. The summed E-state index contributed by atoms with van der Waals surface area (Å²) in [6, 6.07) is 3.32. The van der Waals surface area contributed by atoms with E-state index in [9.17, 15) is 17.2 Å². The average molecular weight is 393 g/mol. The molecule has 0 spiro atoms. The minimum atomic E-state index is -3.35. The summed E-state index contributed by atoms with van der Waals surface area (Å²) in [6.45, 7) is 2.65. The molecule has 0 aliphatic carbocycles. The van der Waals surface area contributed by atoms with Crippen molar-refractivity contribution in [3.8, 4) is 0 Å². The van der Waals surface area contributed by atoms with E-state index in [4.69, 9.17) is 0 Å². The number of likely N-dealkylation sites (tertiary alicyclic amines) is 1. The molecule has 1 saturated heterocycles. The van der Waals surface area contributed by atoms with E-state index < -0.39 is 21.7 Å². The van der Waals surface area contributed by atoms with Crippen molar-refractivity contribution < 1.29 is 17.2 Å². The number of rotatable bonds is 4. The smallest absolute Gasteiger partial charge is 0.231 e. The number of nitrogens with zero attached hydrogens (tertiary/aromatic N) is 3. The van der Waals surface area contributed by atoms with Crippen LogP contribution in [0.3, 0.4) is 0 Å². The Bertz CT molecular complexity index is 956. The summed E-state index contributed by atoms with van der Waals surface area (Å²) >= 11 is 0. The van der Waals surface area contributed by atoms with Gasteiger partial charge >= 0.3 is 0 Å². The minimum Gasteiger partial charge on any atom is -0.364 e. The minimum absolute atomic E-state index is 0.0298. The Morgan fingerprint density at radius 2 is 2.04 bits per heavy atom. The lowest BCUT2D eigenvalue weighted by Gasteiger charge is -2.34. The molecule has 5 nitrogen and oxygen atoms in total. The highest BCUT2D eigenvalue weighted by molar-refractivity contribution is 7.89. The molecular formula is C19H21F2N3O2S. The standard InChI is InChI=1S/C19H21F2N3O2S/c1-2-27(25,26)24-11-8-16-13-15(7-10-23(16)24)22-9-3-4-19(22)17-12-14(20)5-6-18(17)21/h5-8,10,12-13,19H,2-4,9,11H2,1H3/t19-/m1/s1. The summed E-state index contributed by atoms with van der Waals surface area (Å²) in [7, 11) is -3.35. The number of benzene rings is 1. The maximum Gasteiger partial charge on any atom is 0.231 e. The third-order valence-electron chi connectivity index (χ3n) is 5.23. The van der Waals surface area contributed by atoms with Crippen molar-refractivity contribution in [3.05, 3.63) is 71.2 Å². The average Bonchev–Trinajstić information content (AvgIpc) is 3.30. The van der Waals surface area contributed by atoms with Gasteiger partial charge in [0.25, 0.3) is 0 Å². The molecule has 1 aromatic rings. The Balaban J connectivity index is 1.61. The van der Waals surface area contributed by atoms with Crippen molar-refractivity contribution in [1.82, 2.24) is 14.3 Å². The molecule has 3 aliphatic rings. The normalized spacial score (nSPS) is 22.9. The van der Waals surface area contributed by atoms with Crippen LogP contribution in [0.15, 0.2) is 54.0 Å². The molecule has 1 fully saturated rings. The topological polar surface area (TPSA) is 43.9 Å². The van der Waals surface area contributed by atoms with Crippen LogP contribution in [0.4, 0.5) is 8.78 Å². The number of hydrogen-bond acceptors (Lipinski definition) is 4. The van der Waals surface area contributed by atoms with E-state index in [2.05, 4.69) is 4.90 Å². The van der Waals surface area contributed by atoms with Gasteiger partial charge in [0.2, 0.25) is 10.0 Å². The molecule has 27 heavy (non-hydrogen) atoms. The quantitative estimate of drug-likeness (QED) is 0.788. The number of allylic oxidation sites excluding steroid dienone is 2. The van der Waals surface area contributed by atoms with Crippen LogP contribution in [0.5, 0.6) is 0 Å². The molecule has 4 rings (SSSR count). The van der Waals surface area contributed by atoms with Crippen LogP contribution in [-0.2, 0) is 10.0 Å². The van der Waals surface area contributed by atoms with Crippen LogP contribution in [0.25, 0.3) is 0 Å². The lowest BCUT2D eigenvalue weighted by atomic mass is 10.0. The van der Waals surface area contributed by atoms with Gasteiger partial charge in [-0.3, -0.25) is 5.01 Å². The first-order chi connectivity index (χ1) is 12.9. The van der Waals surface area contributed by atoms with E-state index in [1.54, 1.807) is 18.1 Å². The van der Waals surface area contributed by atoms with E-state index in [1.165, 1.54) is 16.5 Å². The number of sulfonamides is 1. The lowest BCUT2D eigenvalue weighted by Crippen LogP contribution is -2.40. The van der Waals surface area contributed by atoms with E-state index in [0.29, 0.717) is 12.1 Å². The molecule has 0 bridgehead atoms. The van der Waals surface area contributed by atoms with E-state index in [1.807, 2.05) is 18.2 Å². The summed E-state index contributed by atoms with van der Waals surface area (Å²) in [4.78, 5) is 2.06. The molecule has 0 unspecified atom stereocenters. The summed E-state index contributed by atoms with van der Waals surface area (Å²) < 4.78 is 53.7. The van der Waals surface area contributed by atoms with Gasteiger partial charge in [0.15, 0.2) is 0 Å². The predicted octanol–water partition coefficient (Wildman–Crippen LogP) is 3.28. The van der Waals surface area contributed by atoms with Gasteiger partial charge in [-0.25, -0.2) is 17.2 Å². The summed E-state index contributed by atoms with van der Waals surface area (Å²) in [6.07, 6.45) is 8.93. The Hall–Kier alpha value is -2.19. The summed E-state index contributed by atoms with van der Waals surface area (Å²) in [5, 5.41) is 1.62. The number of hydrogen-bond donors (Lipinski definition) is 0. The zero-order chi connectivity index (χ0) is 19.2. The molecule has 0 aromatic heterocycles. The molecule has 1 atom stereocenters. The Labute approximate surface area is 157 Å². The van der Waals surface area contributed by atoms with Crippen LogP contribution in [-0.4, -0.2) is 41.6 Å². The van der Waals surface area contributed by atoms with E-state index in [0.717, 1.165) is 36.8 Å². The van der Waals surface area contributed by atoms with E-state index >= 15 is 0 Å². The van der Waals surface area contributed by atoms with Crippen LogP contribution in [0.1, 0.15) is 31.4 Å². The van der Waals surface area contributed by atoms with Gasteiger partial charge in [0, 0.05) is 24.0 Å². The molecule has 0 radical (unpaired) electrons. The van der Waals surface area contributed by atoms with Gasteiger partial charge < -0.3 is 4.90 Å². The highest BCUT2D eigenvalue weighted by atomic mass is 32.2. The fourth-order valence-electron chi connectivity index (χ4n) is 3.86. The van der Waals surface area contributed by atoms with Gasteiger partial charge in [-0.1, -0.05) is 0 Å². The Kier molecular flexibility index (Phi) is 4.55. The van der Waals surface area contributed by atoms with Gasteiger partial charge in [0.1, 0.15) is 11.6 Å². The third-order valence-corrected chi connectivity index (χ3v) is 6.93. The second kappa shape index (κ2) is 6.76. The highest BCUT2D eigenvalue weighted by Gasteiger charge is 2.34. The van der Waals surface area contributed by atoms with Crippen LogP contribution in [0, 0.1) is 11.6 Å². The maximum absolute atomic E-state index is 14.3. The highest BCUT2D eigenvalue weighted by Crippen LogP contribution is 2.39. The van der Waals surface area contributed by atoms with Crippen LogP contribution in [0.2, 0.25) is 0 Å². The molecule has 144 valence electrons. The van der Waals surface area contributed by atoms with Gasteiger partial charge in [-0.2, -0.15) is 0 Å². The summed E-state index contributed by atoms with van der Waals surface area (Å²) in [5.41, 5.74) is 2.01. The zero-order valence-corrected chi connectivity index (χ0v) is 15.8. The molecular weight excluding hydrogens is 372 g/mol. The molecule has 0 N–H and O–H groups in total. The van der Waals surface area contributed by atoms with Crippen LogP contribution < -0.4 is 0 Å². The number of halogens is 2. The Morgan fingerprint density at radius 1 is 1.22 bits per heavy atom. The number of fused-ring (bicyclic) bond motifs is 1. The van der Waals surface area contributed by atoms with Crippen molar-refractivity contribution in [2.24, 2.45) is 0 Å². The van der Waals surface area contributed by atoms with Crippen molar-refractivity contribution >= 4 is 10.0 Å². The second-order valence-electron chi connectivity index (χ2n) is 6.78. The van der Waals surface area contributed by atoms with Gasteiger partial charge in [-0.15, -0.1) is 4.41 Å². The molecule has 3 heterocycles. The molecule has 0 amide bonds. The first kappa shape index (κ1) is 18.2. The third kappa shape index (κ3) is 3.17. The first-order valence-electron chi connectivity index (χ1n) is 9.02. The second-order valence-corrected chi connectivity index (χ2v) is 8.94. The fourth-order valence-corrected chi connectivity index (χ4v) is 4.87. The molecule has 8 heteroatoms. The largest absolute Gasteiger partial charge is 0.364 e. The lowest BCUT2D eigenvalue weighted by molar-refractivity contribution is 0.205. The fraction of sp³-hybridized carbons (Fsp3) is 0.368. The van der Waals surface area contributed by atoms with E-state index in [-0.39, 0.29) is 11.8 Å². The monoisotopic (exact) mass is 393 g/mol. The van der Waals surface area contributed by atoms with Crippen molar-refractivity contribution in [1.29, 1.82) is 0 Å². The van der Waals surface area contributed by atoms with Gasteiger partial charge in [-0.05, 0) is 56.2 Å². The molecule has 0 saturated carbocycles. The maximum atomic E-state index is 14.3. The van der Waals surface area contributed by atoms with Crippen molar-refractivity contribution in [3.63, 3.8) is 0 Å². The zero-order valence-electron chi connectivity index (χ0n) is 15.0. The summed E-state index contributed by atoms with van der Waals surface area (Å²) in [5.74, 6) is -0.825. The van der Waals surface area contributed by atoms with Crippen molar-refractivity contribution in [2.75, 3.05) is 18.8 Å². The van der Waals surface area contributed by atoms with Gasteiger partial charge in [0.05, 0.1) is 24.0 Å². The van der Waals surface area contributed by atoms with Crippen LogP contribution >= 0.6 is 0 Å².